The van der Waals surface area contributed by atoms with Crippen molar-refractivity contribution in [1.82, 2.24) is 0 Å². The normalized spacial score (nSPS) is 23.8. The Balaban J connectivity index is 1.43. The van der Waals surface area contributed by atoms with Gasteiger partial charge in [-0.15, -0.1) is 0 Å². The second-order valence-corrected chi connectivity index (χ2v) is 12.7. The first-order chi connectivity index (χ1) is 19.8. The number of carbonyl (C=O) groups is 1. The van der Waals surface area contributed by atoms with Gasteiger partial charge in [-0.05, 0) is 57.9 Å². The van der Waals surface area contributed by atoms with Crippen LogP contribution >= 0.6 is 0 Å². The minimum absolute atomic E-state index is 0.175. The zero-order valence-corrected chi connectivity index (χ0v) is 26.2. The molecule has 0 radical (unpaired) electrons. The minimum Gasteiger partial charge on any atom is -0.455 e. The molecule has 2 aliphatic rings. The van der Waals surface area contributed by atoms with Crippen molar-refractivity contribution in [2.24, 2.45) is 0 Å². The van der Waals surface area contributed by atoms with Crippen molar-refractivity contribution in [3.05, 3.63) is 11.6 Å². The van der Waals surface area contributed by atoms with E-state index < -0.39 is 30.4 Å². The van der Waals surface area contributed by atoms with Crippen LogP contribution in [0, 0.1) is 0 Å². The van der Waals surface area contributed by atoms with Crippen LogP contribution in [0.25, 0.3) is 0 Å². The molecule has 0 aromatic heterocycles. The summed E-state index contributed by atoms with van der Waals surface area (Å²) in [5.41, 5.74) is 0.391. The minimum atomic E-state index is -0.743. The zero-order valence-electron chi connectivity index (χ0n) is 26.2. The molecule has 4 N–H and O–H groups in total. The average Bonchev–Trinajstić information content (AvgIpc) is 3.58. The lowest BCUT2D eigenvalue weighted by atomic mass is 9.98. The van der Waals surface area contributed by atoms with Gasteiger partial charge in [0, 0.05) is 0 Å². The van der Waals surface area contributed by atoms with Gasteiger partial charge in [0.05, 0.1) is 42.2 Å². The highest BCUT2D eigenvalue weighted by Crippen LogP contribution is 2.28. The molecule has 41 heavy (non-hydrogen) atoms. The van der Waals surface area contributed by atoms with Gasteiger partial charge < -0.3 is 29.9 Å². The first-order valence-electron chi connectivity index (χ1n) is 17.1. The second-order valence-electron chi connectivity index (χ2n) is 12.7. The number of cyclic esters (lactones) is 1. The second kappa shape index (κ2) is 21.7. The van der Waals surface area contributed by atoms with E-state index >= 15 is 0 Å². The van der Waals surface area contributed by atoms with Crippen LogP contribution in [-0.2, 0) is 14.3 Å². The molecule has 1 saturated heterocycles. The van der Waals surface area contributed by atoms with Crippen LogP contribution in [0.1, 0.15) is 155 Å². The number of carbonyl (C=O) groups excluding carboxylic acids is 1. The molecular weight excluding hydrogens is 520 g/mol. The van der Waals surface area contributed by atoms with Crippen LogP contribution in [0.3, 0.4) is 0 Å². The van der Waals surface area contributed by atoms with Crippen LogP contribution in [-0.4, -0.2) is 69.1 Å². The number of unbranched alkanes of at least 4 members (excludes halogenated alkanes) is 13. The van der Waals surface area contributed by atoms with Gasteiger partial charge in [-0.3, -0.25) is 0 Å². The van der Waals surface area contributed by atoms with E-state index in [2.05, 4.69) is 6.92 Å². The number of ether oxygens (including phenoxy) is 2. The van der Waals surface area contributed by atoms with Gasteiger partial charge >= 0.3 is 5.97 Å². The summed E-state index contributed by atoms with van der Waals surface area (Å²) in [7, 11) is 0. The Labute approximate surface area is 250 Å². The van der Waals surface area contributed by atoms with E-state index in [0.717, 1.165) is 64.2 Å². The summed E-state index contributed by atoms with van der Waals surface area (Å²) in [4.78, 5) is 11.7. The third kappa shape index (κ3) is 15.3. The molecule has 0 aromatic carbocycles. The average molecular weight is 583 g/mol. The van der Waals surface area contributed by atoms with Crippen LogP contribution in [0.5, 0.6) is 0 Å². The molecule has 7 atom stereocenters. The molecule has 0 spiro atoms. The van der Waals surface area contributed by atoms with Crippen LogP contribution in [0.4, 0.5) is 0 Å². The molecule has 2 rings (SSSR count). The van der Waals surface area contributed by atoms with Crippen molar-refractivity contribution in [3.63, 3.8) is 0 Å². The smallest absolute Gasteiger partial charge is 0.337 e. The van der Waals surface area contributed by atoms with Crippen LogP contribution in [0.2, 0.25) is 0 Å². The Kier molecular flexibility index (Phi) is 19.1. The first kappa shape index (κ1) is 36.2. The highest BCUT2D eigenvalue weighted by Gasteiger charge is 2.34. The van der Waals surface area contributed by atoms with Crippen LogP contribution in [0.15, 0.2) is 11.6 Å². The predicted molar refractivity (Wildman–Crippen MR) is 164 cm³/mol. The van der Waals surface area contributed by atoms with E-state index in [-0.39, 0.29) is 18.3 Å². The topological polar surface area (TPSA) is 116 Å². The fourth-order valence-electron chi connectivity index (χ4n) is 6.22. The standard InChI is InChI=1S/C34H62O7/c1-3-4-5-6-7-8-9-10-13-17-20-30(37)32-23-24-33(41-32)31(38)22-21-27(35)18-15-12-11-14-16-19-29(36)28-25-26(2)40-34(28)39/h25-27,29-33,35-38H,3-24H2,1-2H3/t26-,27?,29-,30?,31+,32?,33?/m0/s1. The fraction of sp³-hybridized carbons (Fsp3) is 0.912. The highest BCUT2D eigenvalue weighted by atomic mass is 16.5. The van der Waals surface area contributed by atoms with Gasteiger partial charge in [0.1, 0.15) is 6.10 Å². The highest BCUT2D eigenvalue weighted by molar-refractivity contribution is 5.91. The van der Waals surface area contributed by atoms with Gasteiger partial charge in [0.25, 0.3) is 0 Å². The van der Waals surface area contributed by atoms with Gasteiger partial charge in [-0.25, -0.2) is 4.79 Å². The van der Waals surface area contributed by atoms with E-state index in [1.54, 1.807) is 13.0 Å². The summed E-state index contributed by atoms with van der Waals surface area (Å²) in [6, 6.07) is 0. The quantitative estimate of drug-likeness (QED) is 0.0701. The number of hydrogen-bond acceptors (Lipinski definition) is 7. The molecule has 0 saturated carbocycles. The van der Waals surface area contributed by atoms with Crippen molar-refractivity contribution < 1.29 is 34.7 Å². The summed E-state index contributed by atoms with van der Waals surface area (Å²) in [6.45, 7) is 4.04. The number of hydrogen-bond donors (Lipinski definition) is 4. The molecular formula is C34H62O7. The van der Waals surface area contributed by atoms with Gasteiger partial charge in [0.2, 0.25) is 0 Å². The maximum atomic E-state index is 11.7. The summed E-state index contributed by atoms with van der Waals surface area (Å²) < 4.78 is 11.1. The summed E-state index contributed by atoms with van der Waals surface area (Å²) in [5, 5.41) is 41.8. The summed E-state index contributed by atoms with van der Waals surface area (Å²) in [6.07, 6.45) is 21.2. The third-order valence-electron chi connectivity index (χ3n) is 8.91. The molecule has 2 heterocycles. The van der Waals surface area contributed by atoms with Gasteiger partial charge in [0.15, 0.2) is 0 Å². The largest absolute Gasteiger partial charge is 0.455 e. The molecule has 0 amide bonds. The first-order valence-corrected chi connectivity index (χ1v) is 17.1. The fourth-order valence-corrected chi connectivity index (χ4v) is 6.22. The van der Waals surface area contributed by atoms with E-state index in [1.807, 2.05) is 0 Å². The maximum Gasteiger partial charge on any atom is 0.337 e. The molecule has 4 unspecified atom stereocenters. The van der Waals surface area contributed by atoms with Crippen molar-refractivity contribution in [2.75, 3.05) is 0 Å². The van der Waals surface area contributed by atoms with E-state index in [0.29, 0.717) is 24.8 Å². The monoisotopic (exact) mass is 582 g/mol. The lowest BCUT2D eigenvalue weighted by molar-refractivity contribution is -0.139. The Bertz CT molecular complexity index is 711. The van der Waals surface area contributed by atoms with E-state index in [4.69, 9.17) is 9.47 Å². The van der Waals surface area contributed by atoms with Gasteiger partial charge in [-0.1, -0.05) is 103 Å². The molecule has 7 nitrogen and oxygen atoms in total. The number of aliphatic hydroxyl groups is 4. The molecule has 240 valence electrons. The van der Waals surface area contributed by atoms with Crippen molar-refractivity contribution >= 4 is 5.97 Å². The van der Waals surface area contributed by atoms with Crippen molar-refractivity contribution in [2.45, 2.75) is 198 Å². The Morgan fingerprint density at radius 1 is 0.683 bits per heavy atom. The molecule has 2 aliphatic heterocycles. The number of rotatable bonds is 25. The predicted octanol–water partition coefficient (Wildman–Crippen LogP) is 6.67. The van der Waals surface area contributed by atoms with E-state index in [9.17, 15) is 25.2 Å². The van der Waals surface area contributed by atoms with Crippen molar-refractivity contribution in [3.8, 4) is 0 Å². The molecule has 0 aliphatic carbocycles. The number of esters is 1. The van der Waals surface area contributed by atoms with Gasteiger partial charge in [-0.2, -0.15) is 0 Å². The lowest BCUT2D eigenvalue weighted by Gasteiger charge is -2.23. The SMILES string of the molecule is CCCCCCCCCCCCC(O)C1CCC([C@H](O)CCC(O)CCCCCCC[C@H](O)C2=C[C@H](C)OC2=O)O1. The Morgan fingerprint density at radius 3 is 1.71 bits per heavy atom. The lowest BCUT2D eigenvalue weighted by Crippen LogP contribution is -2.31. The molecule has 1 fully saturated rings. The van der Waals surface area contributed by atoms with E-state index in [1.165, 1.54) is 57.8 Å². The summed E-state index contributed by atoms with van der Waals surface area (Å²) >= 11 is 0. The summed E-state index contributed by atoms with van der Waals surface area (Å²) in [5.74, 6) is -0.402. The Morgan fingerprint density at radius 2 is 1.17 bits per heavy atom. The number of aliphatic hydroxyl groups excluding tert-OH is 4. The molecule has 0 bridgehead atoms. The maximum absolute atomic E-state index is 11.7. The molecule has 7 heteroatoms. The molecule has 0 aromatic rings. The van der Waals surface area contributed by atoms with Crippen molar-refractivity contribution in [1.29, 1.82) is 0 Å². The Hall–Kier alpha value is -0.990. The van der Waals surface area contributed by atoms with Crippen LogP contribution < -0.4 is 0 Å². The zero-order chi connectivity index (χ0) is 29.9. The third-order valence-corrected chi connectivity index (χ3v) is 8.91.